The summed E-state index contributed by atoms with van der Waals surface area (Å²) >= 11 is 0. The van der Waals surface area contributed by atoms with Gasteiger partial charge in [-0.25, -0.2) is 0 Å². The minimum Gasteiger partial charge on any atom is -0.469 e. The third-order valence-corrected chi connectivity index (χ3v) is 4.15. The molecule has 0 saturated heterocycles. The Morgan fingerprint density at radius 3 is 3.10 bits per heavy atom. The molecule has 1 N–H and O–H groups in total. The fourth-order valence-electron chi connectivity index (χ4n) is 3.10. The van der Waals surface area contributed by atoms with E-state index >= 15 is 0 Å². The Kier molecular flexibility index (Phi) is 2.85. The fraction of sp³-hybridized carbons (Fsp3) is 0.294. The molecular formula is C17H17NO2. The number of furan rings is 2. The highest BCUT2D eigenvalue weighted by molar-refractivity contribution is 5.80. The lowest BCUT2D eigenvalue weighted by Gasteiger charge is -2.22. The Morgan fingerprint density at radius 2 is 2.10 bits per heavy atom. The van der Waals surface area contributed by atoms with E-state index in [2.05, 4.69) is 23.5 Å². The van der Waals surface area contributed by atoms with Crippen LogP contribution in [0.3, 0.4) is 0 Å². The Hall–Kier alpha value is -2.00. The van der Waals surface area contributed by atoms with E-state index < -0.39 is 0 Å². The van der Waals surface area contributed by atoms with Gasteiger partial charge >= 0.3 is 0 Å². The van der Waals surface area contributed by atoms with Gasteiger partial charge in [-0.1, -0.05) is 18.2 Å². The molecule has 0 saturated carbocycles. The van der Waals surface area contributed by atoms with Gasteiger partial charge in [0.2, 0.25) is 0 Å². The van der Waals surface area contributed by atoms with Crippen LogP contribution in [0.15, 0.2) is 51.7 Å². The van der Waals surface area contributed by atoms with Gasteiger partial charge in [0.1, 0.15) is 11.3 Å². The van der Waals surface area contributed by atoms with Crippen LogP contribution in [-0.4, -0.2) is 0 Å². The van der Waals surface area contributed by atoms with Gasteiger partial charge in [0.25, 0.3) is 0 Å². The van der Waals surface area contributed by atoms with Crippen LogP contribution in [0.1, 0.15) is 35.8 Å². The average Bonchev–Trinajstić information content (AvgIpc) is 3.12. The van der Waals surface area contributed by atoms with Crippen molar-refractivity contribution in [1.29, 1.82) is 0 Å². The smallest absolute Gasteiger partial charge is 0.134 e. The molecule has 1 aromatic carbocycles. The number of hydrogen-bond donors (Lipinski definition) is 1. The number of hydrogen-bond acceptors (Lipinski definition) is 3. The summed E-state index contributed by atoms with van der Waals surface area (Å²) in [5.41, 5.74) is 3.50. The molecule has 0 radical (unpaired) electrons. The Morgan fingerprint density at radius 1 is 1.15 bits per heavy atom. The summed E-state index contributed by atoms with van der Waals surface area (Å²) in [5.74, 6) is 1.14. The summed E-state index contributed by atoms with van der Waals surface area (Å²) in [6.07, 6.45) is 7.08. The van der Waals surface area contributed by atoms with Crippen LogP contribution in [0, 0.1) is 0 Å². The topological polar surface area (TPSA) is 38.3 Å². The Bertz CT molecular complexity index is 725. The minimum absolute atomic E-state index is 0.395. The molecule has 2 aromatic heterocycles. The molecule has 102 valence electrons. The van der Waals surface area contributed by atoms with Gasteiger partial charge in [0.15, 0.2) is 0 Å². The van der Waals surface area contributed by atoms with Crippen molar-refractivity contribution in [2.24, 2.45) is 0 Å². The van der Waals surface area contributed by atoms with E-state index in [1.165, 1.54) is 29.4 Å². The van der Waals surface area contributed by atoms with Gasteiger partial charge in [0, 0.05) is 35.5 Å². The van der Waals surface area contributed by atoms with Crippen LogP contribution in [0.4, 0.5) is 0 Å². The van der Waals surface area contributed by atoms with Crippen LogP contribution in [0.25, 0.3) is 11.0 Å². The minimum atomic E-state index is 0.395. The molecule has 3 aromatic rings. The largest absolute Gasteiger partial charge is 0.469 e. The highest BCUT2D eigenvalue weighted by atomic mass is 16.3. The number of rotatable bonds is 3. The maximum Gasteiger partial charge on any atom is 0.134 e. The summed E-state index contributed by atoms with van der Waals surface area (Å²) in [6.45, 7) is 0.826. The molecule has 1 atom stereocenters. The lowest BCUT2D eigenvalue weighted by atomic mass is 9.93. The van der Waals surface area contributed by atoms with Crippen molar-refractivity contribution >= 4 is 11.0 Å². The lowest BCUT2D eigenvalue weighted by molar-refractivity contribution is 0.410. The van der Waals surface area contributed by atoms with Crippen molar-refractivity contribution in [2.45, 2.75) is 31.8 Å². The monoisotopic (exact) mass is 267 g/mol. The predicted octanol–water partition coefficient (Wildman–Crippen LogP) is 4.19. The van der Waals surface area contributed by atoms with Crippen LogP contribution < -0.4 is 5.32 Å². The first-order chi connectivity index (χ1) is 9.92. The first kappa shape index (κ1) is 11.8. The normalized spacial score (nSPS) is 18.3. The molecule has 4 rings (SSSR count). The second-order valence-corrected chi connectivity index (χ2v) is 5.38. The number of benzene rings is 1. The summed E-state index contributed by atoms with van der Waals surface area (Å²) in [6, 6.07) is 10.7. The van der Waals surface area contributed by atoms with Crippen molar-refractivity contribution in [3.05, 3.63) is 59.7 Å². The van der Waals surface area contributed by atoms with Crippen LogP contribution in [-0.2, 0) is 13.0 Å². The lowest BCUT2D eigenvalue weighted by Crippen LogP contribution is -2.23. The van der Waals surface area contributed by atoms with Crippen LogP contribution in [0.5, 0.6) is 0 Å². The number of aryl methyl sites for hydroxylation is 1. The molecule has 3 nitrogen and oxygen atoms in total. The summed E-state index contributed by atoms with van der Waals surface area (Å²) in [5, 5.41) is 4.84. The van der Waals surface area contributed by atoms with Gasteiger partial charge in [-0.2, -0.15) is 0 Å². The predicted molar refractivity (Wildman–Crippen MR) is 77.4 cm³/mol. The molecule has 2 heterocycles. The zero-order chi connectivity index (χ0) is 13.4. The van der Waals surface area contributed by atoms with Crippen molar-refractivity contribution in [3.8, 4) is 0 Å². The standard InChI is InChI=1S/C17H17NO2/c1-2-6-16-13(4-1)12(11-20-16)10-18-15-5-3-7-17-14(15)8-9-19-17/h1-2,4,6,8-9,11,15,18H,3,5,7,10H2. The third-order valence-electron chi connectivity index (χ3n) is 4.15. The Labute approximate surface area is 117 Å². The van der Waals surface area contributed by atoms with Gasteiger partial charge in [-0.05, 0) is 25.0 Å². The first-order valence-corrected chi connectivity index (χ1v) is 7.16. The molecule has 3 heteroatoms. The van der Waals surface area contributed by atoms with E-state index in [0.717, 1.165) is 24.3 Å². The van der Waals surface area contributed by atoms with E-state index in [9.17, 15) is 0 Å². The van der Waals surface area contributed by atoms with Crippen molar-refractivity contribution in [3.63, 3.8) is 0 Å². The maximum absolute atomic E-state index is 5.58. The van der Waals surface area contributed by atoms with Gasteiger partial charge in [0.05, 0.1) is 12.5 Å². The summed E-state index contributed by atoms with van der Waals surface area (Å²) in [7, 11) is 0. The molecule has 1 unspecified atom stereocenters. The maximum atomic E-state index is 5.58. The van der Waals surface area contributed by atoms with E-state index in [0.29, 0.717) is 6.04 Å². The highest BCUT2D eigenvalue weighted by Crippen LogP contribution is 2.31. The van der Waals surface area contributed by atoms with Gasteiger partial charge in [-0.15, -0.1) is 0 Å². The third kappa shape index (κ3) is 1.95. The van der Waals surface area contributed by atoms with E-state index in [-0.39, 0.29) is 0 Å². The number of nitrogens with one attached hydrogen (secondary N) is 1. The molecule has 0 bridgehead atoms. The van der Waals surface area contributed by atoms with Crippen LogP contribution >= 0.6 is 0 Å². The summed E-state index contributed by atoms with van der Waals surface area (Å²) < 4.78 is 11.1. The Balaban J connectivity index is 1.54. The summed E-state index contributed by atoms with van der Waals surface area (Å²) in [4.78, 5) is 0. The average molecular weight is 267 g/mol. The molecule has 1 aliphatic carbocycles. The zero-order valence-electron chi connectivity index (χ0n) is 11.3. The van der Waals surface area contributed by atoms with Gasteiger partial charge < -0.3 is 14.2 Å². The fourth-order valence-corrected chi connectivity index (χ4v) is 3.10. The zero-order valence-corrected chi connectivity index (χ0v) is 11.3. The van der Waals surface area contributed by atoms with Crippen molar-refractivity contribution in [2.75, 3.05) is 0 Å². The van der Waals surface area contributed by atoms with Crippen LogP contribution in [0.2, 0.25) is 0 Å². The molecule has 1 aliphatic rings. The molecule has 0 aliphatic heterocycles. The molecule has 20 heavy (non-hydrogen) atoms. The molecule has 0 fully saturated rings. The highest BCUT2D eigenvalue weighted by Gasteiger charge is 2.22. The van der Waals surface area contributed by atoms with E-state index in [4.69, 9.17) is 8.83 Å². The van der Waals surface area contributed by atoms with Crippen molar-refractivity contribution < 1.29 is 8.83 Å². The van der Waals surface area contributed by atoms with Crippen molar-refractivity contribution in [1.82, 2.24) is 5.32 Å². The molecule has 0 spiro atoms. The van der Waals surface area contributed by atoms with E-state index in [1.807, 2.05) is 18.4 Å². The quantitative estimate of drug-likeness (QED) is 0.773. The van der Waals surface area contributed by atoms with Gasteiger partial charge in [-0.3, -0.25) is 0 Å². The number of para-hydroxylation sites is 1. The molecular weight excluding hydrogens is 250 g/mol. The SMILES string of the molecule is c1ccc2c(CNC3CCCc4occc43)coc2c1. The molecule has 0 amide bonds. The number of fused-ring (bicyclic) bond motifs is 2. The first-order valence-electron chi connectivity index (χ1n) is 7.16. The van der Waals surface area contributed by atoms with E-state index in [1.54, 1.807) is 6.26 Å². The second-order valence-electron chi connectivity index (χ2n) is 5.38. The second kappa shape index (κ2) is 4.84.